The standard InChI is InChI=1S/C19H27NO2/c1-15-8-5-6-10-17(15)12-11-16-9-7-13-20(14-16)18(21)22-19(2,3)4/h5-6,8,10-12,16H,7,9,13-14H2,1-4H3/b12-11+. The number of hydrogen-bond acceptors (Lipinski definition) is 2. The molecule has 1 amide bonds. The number of nitrogens with zero attached hydrogens (tertiary/aromatic N) is 1. The van der Waals surface area contributed by atoms with Gasteiger partial charge in [-0.3, -0.25) is 0 Å². The number of rotatable bonds is 2. The van der Waals surface area contributed by atoms with Crippen molar-refractivity contribution < 1.29 is 9.53 Å². The fourth-order valence-electron chi connectivity index (χ4n) is 2.67. The molecule has 1 aliphatic heterocycles. The number of amides is 1. The Labute approximate surface area is 134 Å². The molecule has 120 valence electrons. The zero-order valence-electron chi connectivity index (χ0n) is 14.1. The van der Waals surface area contributed by atoms with E-state index >= 15 is 0 Å². The summed E-state index contributed by atoms with van der Waals surface area (Å²) in [7, 11) is 0. The number of carbonyl (C=O) groups is 1. The van der Waals surface area contributed by atoms with Crippen molar-refractivity contribution in [1.29, 1.82) is 0 Å². The molecule has 1 saturated heterocycles. The Bertz CT molecular complexity index is 543. The van der Waals surface area contributed by atoms with Crippen molar-refractivity contribution >= 4 is 12.2 Å². The van der Waals surface area contributed by atoms with Gasteiger partial charge in [0.25, 0.3) is 0 Å². The highest BCUT2D eigenvalue weighted by Gasteiger charge is 2.26. The quantitative estimate of drug-likeness (QED) is 0.795. The Balaban J connectivity index is 1.96. The van der Waals surface area contributed by atoms with Crippen LogP contribution in [0.4, 0.5) is 4.79 Å². The van der Waals surface area contributed by atoms with Crippen molar-refractivity contribution in [2.24, 2.45) is 5.92 Å². The Morgan fingerprint density at radius 1 is 1.32 bits per heavy atom. The average Bonchev–Trinajstić information content (AvgIpc) is 2.45. The second-order valence-electron chi connectivity index (χ2n) is 7.04. The lowest BCUT2D eigenvalue weighted by Gasteiger charge is -2.33. The minimum Gasteiger partial charge on any atom is -0.444 e. The van der Waals surface area contributed by atoms with Crippen LogP contribution in [0.2, 0.25) is 0 Å². The molecule has 3 heteroatoms. The first kappa shape index (κ1) is 16.6. The number of benzene rings is 1. The maximum absolute atomic E-state index is 12.2. The van der Waals surface area contributed by atoms with E-state index in [9.17, 15) is 4.79 Å². The number of hydrogen-bond donors (Lipinski definition) is 0. The summed E-state index contributed by atoms with van der Waals surface area (Å²) in [6.45, 7) is 9.38. The van der Waals surface area contributed by atoms with Gasteiger partial charge in [-0.05, 0) is 57.6 Å². The zero-order chi connectivity index (χ0) is 16.2. The summed E-state index contributed by atoms with van der Waals surface area (Å²) in [6, 6.07) is 8.35. The van der Waals surface area contributed by atoms with Gasteiger partial charge >= 0.3 is 6.09 Å². The average molecular weight is 301 g/mol. The first-order valence-electron chi connectivity index (χ1n) is 8.07. The highest BCUT2D eigenvalue weighted by Crippen LogP contribution is 2.21. The van der Waals surface area contributed by atoms with E-state index in [0.29, 0.717) is 5.92 Å². The van der Waals surface area contributed by atoms with Crippen LogP contribution in [-0.2, 0) is 4.74 Å². The third-order valence-corrected chi connectivity index (χ3v) is 3.85. The fraction of sp³-hybridized carbons (Fsp3) is 0.526. The topological polar surface area (TPSA) is 29.5 Å². The van der Waals surface area contributed by atoms with Crippen LogP contribution in [0.5, 0.6) is 0 Å². The van der Waals surface area contributed by atoms with E-state index in [0.717, 1.165) is 25.9 Å². The van der Waals surface area contributed by atoms with Crippen LogP contribution in [0.1, 0.15) is 44.7 Å². The summed E-state index contributed by atoms with van der Waals surface area (Å²) in [4.78, 5) is 14.0. The molecule has 1 aromatic carbocycles. The van der Waals surface area contributed by atoms with Gasteiger partial charge < -0.3 is 9.64 Å². The number of ether oxygens (including phenoxy) is 1. The Morgan fingerprint density at radius 3 is 2.73 bits per heavy atom. The monoisotopic (exact) mass is 301 g/mol. The van der Waals surface area contributed by atoms with Crippen LogP contribution in [0, 0.1) is 12.8 Å². The second-order valence-corrected chi connectivity index (χ2v) is 7.04. The van der Waals surface area contributed by atoms with Crippen molar-refractivity contribution in [3.05, 3.63) is 41.5 Å². The molecule has 1 aromatic rings. The van der Waals surface area contributed by atoms with Gasteiger partial charge in [-0.25, -0.2) is 4.79 Å². The molecule has 1 aliphatic rings. The zero-order valence-corrected chi connectivity index (χ0v) is 14.1. The molecule has 0 aromatic heterocycles. The van der Waals surface area contributed by atoms with Crippen molar-refractivity contribution in [1.82, 2.24) is 4.90 Å². The summed E-state index contributed by atoms with van der Waals surface area (Å²) >= 11 is 0. The van der Waals surface area contributed by atoms with E-state index in [1.807, 2.05) is 25.7 Å². The molecular weight excluding hydrogens is 274 g/mol. The number of likely N-dealkylation sites (tertiary alicyclic amines) is 1. The molecule has 0 N–H and O–H groups in total. The molecule has 0 radical (unpaired) electrons. The number of carbonyl (C=O) groups excluding carboxylic acids is 1. The maximum atomic E-state index is 12.2. The highest BCUT2D eigenvalue weighted by molar-refractivity contribution is 5.68. The molecule has 0 bridgehead atoms. The minimum absolute atomic E-state index is 0.193. The van der Waals surface area contributed by atoms with Gasteiger partial charge in [0.15, 0.2) is 0 Å². The van der Waals surface area contributed by atoms with E-state index in [1.165, 1.54) is 11.1 Å². The van der Waals surface area contributed by atoms with Crippen LogP contribution in [-0.4, -0.2) is 29.7 Å². The van der Waals surface area contributed by atoms with E-state index in [4.69, 9.17) is 4.74 Å². The molecule has 1 fully saturated rings. The van der Waals surface area contributed by atoms with Crippen LogP contribution in [0.25, 0.3) is 6.08 Å². The molecule has 1 unspecified atom stereocenters. The molecule has 0 spiro atoms. The Hall–Kier alpha value is -1.77. The Kier molecular flexibility index (Phi) is 5.28. The molecule has 1 heterocycles. The lowest BCUT2D eigenvalue weighted by Crippen LogP contribution is -2.42. The van der Waals surface area contributed by atoms with Gasteiger partial charge in [0.2, 0.25) is 0 Å². The summed E-state index contributed by atoms with van der Waals surface area (Å²) < 4.78 is 5.47. The van der Waals surface area contributed by atoms with E-state index < -0.39 is 5.60 Å². The summed E-state index contributed by atoms with van der Waals surface area (Å²) in [5, 5.41) is 0. The molecule has 22 heavy (non-hydrogen) atoms. The summed E-state index contributed by atoms with van der Waals surface area (Å²) in [6.07, 6.45) is 6.38. The fourth-order valence-corrected chi connectivity index (χ4v) is 2.67. The van der Waals surface area contributed by atoms with Crippen molar-refractivity contribution in [2.75, 3.05) is 13.1 Å². The Morgan fingerprint density at radius 2 is 2.05 bits per heavy atom. The largest absolute Gasteiger partial charge is 0.444 e. The van der Waals surface area contributed by atoms with Crippen LogP contribution in [0.3, 0.4) is 0 Å². The van der Waals surface area contributed by atoms with E-state index in [-0.39, 0.29) is 6.09 Å². The smallest absolute Gasteiger partial charge is 0.410 e. The predicted octanol–water partition coefficient (Wildman–Crippen LogP) is 4.66. The van der Waals surface area contributed by atoms with Crippen LogP contribution >= 0.6 is 0 Å². The lowest BCUT2D eigenvalue weighted by atomic mass is 9.96. The van der Waals surface area contributed by atoms with E-state index in [2.05, 4.69) is 43.3 Å². The third-order valence-electron chi connectivity index (χ3n) is 3.85. The van der Waals surface area contributed by atoms with Crippen LogP contribution in [0.15, 0.2) is 30.3 Å². The van der Waals surface area contributed by atoms with Crippen molar-refractivity contribution in [3.63, 3.8) is 0 Å². The minimum atomic E-state index is -0.430. The van der Waals surface area contributed by atoms with Gasteiger partial charge in [0, 0.05) is 13.1 Å². The normalized spacial score (nSPS) is 19.5. The SMILES string of the molecule is Cc1ccccc1/C=C/C1CCCN(C(=O)OC(C)(C)C)C1. The van der Waals surface area contributed by atoms with Gasteiger partial charge in [0.05, 0.1) is 0 Å². The predicted molar refractivity (Wildman–Crippen MR) is 90.7 cm³/mol. The lowest BCUT2D eigenvalue weighted by molar-refractivity contribution is 0.0187. The van der Waals surface area contributed by atoms with Crippen molar-refractivity contribution in [3.8, 4) is 0 Å². The first-order chi connectivity index (χ1) is 10.3. The summed E-state index contributed by atoms with van der Waals surface area (Å²) in [5.74, 6) is 0.404. The van der Waals surface area contributed by atoms with Crippen LogP contribution < -0.4 is 0 Å². The van der Waals surface area contributed by atoms with Crippen molar-refractivity contribution in [2.45, 2.75) is 46.1 Å². The molecule has 2 rings (SSSR count). The molecule has 0 aliphatic carbocycles. The van der Waals surface area contributed by atoms with Gasteiger partial charge in [0.1, 0.15) is 5.60 Å². The summed E-state index contributed by atoms with van der Waals surface area (Å²) in [5.41, 5.74) is 2.09. The molecule has 0 saturated carbocycles. The van der Waals surface area contributed by atoms with Gasteiger partial charge in [-0.15, -0.1) is 0 Å². The molecular formula is C19H27NO2. The highest BCUT2D eigenvalue weighted by atomic mass is 16.6. The number of aryl methyl sites for hydroxylation is 1. The van der Waals surface area contributed by atoms with E-state index in [1.54, 1.807) is 0 Å². The van der Waals surface area contributed by atoms with Gasteiger partial charge in [-0.1, -0.05) is 36.4 Å². The molecule has 1 atom stereocenters. The third kappa shape index (κ3) is 4.90. The maximum Gasteiger partial charge on any atom is 0.410 e. The first-order valence-corrected chi connectivity index (χ1v) is 8.07. The second kappa shape index (κ2) is 6.99. The number of piperidine rings is 1. The van der Waals surface area contributed by atoms with Gasteiger partial charge in [-0.2, -0.15) is 0 Å². The molecule has 3 nitrogen and oxygen atoms in total.